The highest BCUT2D eigenvalue weighted by Crippen LogP contribution is 2.48. The van der Waals surface area contributed by atoms with Gasteiger partial charge in [-0.15, -0.1) is 6.58 Å². The van der Waals surface area contributed by atoms with Crippen LogP contribution < -0.4 is 0 Å². The van der Waals surface area contributed by atoms with Gasteiger partial charge in [0.1, 0.15) is 0 Å². The molecule has 0 amide bonds. The van der Waals surface area contributed by atoms with Crippen LogP contribution in [0.4, 0.5) is 0 Å². The Balaban J connectivity index is 3.29. The summed E-state index contributed by atoms with van der Waals surface area (Å²) in [7, 11) is 0. The molecule has 0 aromatic heterocycles. The molecule has 0 aromatic rings. The largest absolute Gasteiger partial charge is 0.465 e. The molecule has 1 atom stereocenters. The summed E-state index contributed by atoms with van der Waals surface area (Å²) in [6, 6.07) is 2.08. The lowest BCUT2D eigenvalue weighted by Crippen LogP contribution is -2.40. The second-order valence-corrected chi connectivity index (χ2v) is 5.01. The first-order valence-corrected chi connectivity index (χ1v) is 7.03. The third-order valence-electron chi connectivity index (χ3n) is 3.77. The summed E-state index contributed by atoms with van der Waals surface area (Å²) >= 11 is 0. The second-order valence-electron chi connectivity index (χ2n) is 5.01. The molecule has 0 radical (unpaired) electrons. The first-order chi connectivity index (χ1) is 9.96. The summed E-state index contributed by atoms with van der Waals surface area (Å²) in [4.78, 5) is 24.7. The normalized spacial score (nSPS) is 22.1. The van der Waals surface area contributed by atoms with Crippen LogP contribution in [0.25, 0.3) is 0 Å². The lowest BCUT2D eigenvalue weighted by Gasteiger charge is -2.24. The van der Waals surface area contributed by atoms with E-state index in [9.17, 15) is 9.59 Å². The maximum atomic E-state index is 12.3. The van der Waals surface area contributed by atoms with E-state index in [1.807, 2.05) is 0 Å². The van der Waals surface area contributed by atoms with Crippen molar-refractivity contribution in [2.75, 3.05) is 13.2 Å². The molecule has 1 fully saturated rings. The van der Waals surface area contributed by atoms with Crippen LogP contribution in [0.2, 0.25) is 0 Å². The van der Waals surface area contributed by atoms with E-state index in [0.717, 1.165) is 5.57 Å². The molecule has 5 nitrogen and oxygen atoms in total. The van der Waals surface area contributed by atoms with E-state index < -0.39 is 17.4 Å². The van der Waals surface area contributed by atoms with Crippen LogP contribution in [0.15, 0.2) is 23.8 Å². The number of hydrogen-bond donors (Lipinski definition) is 0. The number of carbonyl (C=O) groups excluding carboxylic acids is 2. The third kappa shape index (κ3) is 3.15. The van der Waals surface area contributed by atoms with E-state index in [0.29, 0.717) is 5.57 Å². The lowest BCUT2D eigenvalue weighted by molar-refractivity contribution is -0.171. The van der Waals surface area contributed by atoms with Gasteiger partial charge in [-0.1, -0.05) is 6.08 Å². The SMILES string of the molecule is C=CC1CC(C(=O)OCC)(C(=O)OCC)C/C1=C(/C)C#N. The highest BCUT2D eigenvalue weighted by molar-refractivity contribution is 6.01. The number of allylic oxidation sites excluding steroid dienone is 3. The zero-order valence-corrected chi connectivity index (χ0v) is 12.8. The fraction of sp³-hybridized carbons (Fsp3) is 0.562. The molecular weight excluding hydrogens is 270 g/mol. The molecule has 0 heterocycles. The first kappa shape index (κ1) is 17.0. The van der Waals surface area contributed by atoms with E-state index in [2.05, 4.69) is 12.6 Å². The zero-order chi connectivity index (χ0) is 16.0. The van der Waals surface area contributed by atoms with Crippen molar-refractivity contribution >= 4 is 11.9 Å². The van der Waals surface area contributed by atoms with Gasteiger partial charge in [-0.2, -0.15) is 5.26 Å². The molecule has 1 saturated carbocycles. The molecule has 0 aliphatic heterocycles. The van der Waals surface area contributed by atoms with E-state index in [1.165, 1.54) is 0 Å². The van der Waals surface area contributed by atoms with E-state index in [4.69, 9.17) is 14.7 Å². The predicted molar refractivity (Wildman–Crippen MR) is 76.9 cm³/mol. The molecule has 0 aromatic carbocycles. The Morgan fingerprint density at radius 2 is 1.90 bits per heavy atom. The monoisotopic (exact) mass is 291 g/mol. The van der Waals surface area contributed by atoms with Gasteiger partial charge in [-0.3, -0.25) is 9.59 Å². The fourth-order valence-corrected chi connectivity index (χ4v) is 2.67. The van der Waals surface area contributed by atoms with Crippen molar-refractivity contribution < 1.29 is 19.1 Å². The number of hydrogen-bond acceptors (Lipinski definition) is 5. The number of rotatable bonds is 5. The minimum absolute atomic E-state index is 0.154. The van der Waals surface area contributed by atoms with Gasteiger partial charge in [0.2, 0.25) is 0 Å². The van der Waals surface area contributed by atoms with Crippen LogP contribution in [0, 0.1) is 22.7 Å². The van der Waals surface area contributed by atoms with Crippen LogP contribution in [0.3, 0.4) is 0 Å². The van der Waals surface area contributed by atoms with E-state index >= 15 is 0 Å². The van der Waals surface area contributed by atoms with E-state index in [-0.39, 0.29) is 32.0 Å². The van der Waals surface area contributed by atoms with Crippen molar-refractivity contribution in [3.05, 3.63) is 23.8 Å². The molecule has 0 N–H and O–H groups in total. The quantitative estimate of drug-likeness (QED) is 0.337. The molecule has 1 aliphatic rings. The number of carbonyl (C=O) groups is 2. The van der Waals surface area contributed by atoms with Gasteiger partial charge >= 0.3 is 11.9 Å². The van der Waals surface area contributed by atoms with Gasteiger partial charge in [0.25, 0.3) is 0 Å². The summed E-state index contributed by atoms with van der Waals surface area (Å²) in [5, 5.41) is 9.09. The molecular formula is C16H21NO4. The first-order valence-electron chi connectivity index (χ1n) is 7.03. The van der Waals surface area contributed by atoms with Crippen LogP contribution in [0.5, 0.6) is 0 Å². The minimum atomic E-state index is -1.36. The minimum Gasteiger partial charge on any atom is -0.465 e. The highest BCUT2D eigenvalue weighted by Gasteiger charge is 2.55. The summed E-state index contributed by atoms with van der Waals surface area (Å²) in [5.41, 5.74) is -0.0952. The lowest BCUT2D eigenvalue weighted by atomic mass is 9.85. The highest BCUT2D eigenvalue weighted by atomic mass is 16.6. The van der Waals surface area contributed by atoms with Crippen LogP contribution in [-0.4, -0.2) is 25.2 Å². The molecule has 0 bridgehead atoms. The topological polar surface area (TPSA) is 76.4 Å². The average Bonchev–Trinajstić information content (AvgIpc) is 2.88. The Hall–Kier alpha value is -2.09. The van der Waals surface area contributed by atoms with Gasteiger partial charge < -0.3 is 9.47 Å². The Labute approximate surface area is 125 Å². The number of nitrogens with zero attached hydrogens (tertiary/aromatic N) is 1. The maximum Gasteiger partial charge on any atom is 0.323 e. The predicted octanol–water partition coefficient (Wildman–Crippen LogP) is 2.54. The molecule has 0 spiro atoms. The Morgan fingerprint density at radius 3 is 2.29 bits per heavy atom. The van der Waals surface area contributed by atoms with Crippen molar-refractivity contribution in [2.45, 2.75) is 33.6 Å². The summed E-state index contributed by atoms with van der Waals surface area (Å²) in [6.07, 6.45) is 2.06. The summed E-state index contributed by atoms with van der Waals surface area (Å²) in [6.45, 7) is 9.17. The summed E-state index contributed by atoms with van der Waals surface area (Å²) < 4.78 is 10.1. The Morgan fingerprint density at radius 1 is 1.38 bits per heavy atom. The van der Waals surface area contributed by atoms with Gasteiger partial charge in [0.15, 0.2) is 5.41 Å². The molecule has 1 rings (SSSR count). The van der Waals surface area contributed by atoms with Crippen molar-refractivity contribution in [3.63, 3.8) is 0 Å². The zero-order valence-electron chi connectivity index (χ0n) is 12.8. The van der Waals surface area contributed by atoms with Crippen molar-refractivity contribution in [3.8, 4) is 6.07 Å². The van der Waals surface area contributed by atoms with Gasteiger partial charge in [-0.05, 0) is 39.2 Å². The summed E-state index contributed by atoms with van der Waals surface area (Å²) in [5.74, 6) is -1.37. The number of esters is 2. The Bertz CT molecular complexity index is 495. The number of ether oxygens (including phenoxy) is 2. The van der Waals surface area contributed by atoms with Gasteiger partial charge in [0.05, 0.1) is 19.3 Å². The van der Waals surface area contributed by atoms with Crippen LogP contribution in [-0.2, 0) is 19.1 Å². The molecule has 21 heavy (non-hydrogen) atoms. The van der Waals surface area contributed by atoms with Crippen molar-refractivity contribution in [1.82, 2.24) is 0 Å². The number of nitriles is 1. The molecule has 114 valence electrons. The van der Waals surface area contributed by atoms with Crippen molar-refractivity contribution in [2.24, 2.45) is 11.3 Å². The smallest absolute Gasteiger partial charge is 0.323 e. The maximum absolute atomic E-state index is 12.3. The van der Waals surface area contributed by atoms with Crippen LogP contribution >= 0.6 is 0 Å². The van der Waals surface area contributed by atoms with Crippen molar-refractivity contribution in [1.29, 1.82) is 5.26 Å². The standard InChI is InChI=1S/C16H21NO4/c1-5-12-8-16(14(18)20-6-2,15(19)21-7-3)9-13(12)11(4)10-17/h5,12H,1,6-9H2,2-4H3/b13-11+. The molecule has 0 saturated heterocycles. The van der Waals surface area contributed by atoms with Gasteiger partial charge in [0, 0.05) is 11.5 Å². The van der Waals surface area contributed by atoms with E-state index in [1.54, 1.807) is 26.8 Å². The molecule has 1 unspecified atom stereocenters. The van der Waals surface area contributed by atoms with Crippen LogP contribution in [0.1, 0.15) is 33.6 Å². The third-order valence-corrected chi connectivity index (χ3v) is 3.77. The second kappa shape index (κ2) is 7.07. The molecule has 5 heteroatoms. The fourth-order valence-electron chi connectivity index (χ4n) is 2.67. The average molecular weight is 291 g/mol. The molecule has 1 aliphatic carbocycles. The van der Waals surface area contributed by atoms with Gasteiger partial charge in [-0.25, -0.2) is 0 Å². The Kier molecular flexibility index (Phi) is 5.71.